The predicted molar refractivity (Wildman–Crippen MR) is 80.0 cm³/mol. The van der Waals surface area contributed by atoms with E-state index in [-0.39, 0.29) is 10.6 Å². The number of nitrogens with zero attached hydrogens (tertiary/aromatic N) is 3. The first-order valence-corrected chi connectivity index (χ1v) is 7.34. The first-order valence-electron chi connectivity index (χ1n) is 7.34. The molecule has 0 atom stereocenters. The number of aromatic nitrogens is 1. The summed E-state index contributed by atoms with van der Waals surface area (Å²) in [6, 6.07) is 3.34. The van der Waals surface area contributed by atoms with Gasteiger partial charge in [-0.2, -0.15) is 0 Å². The summed E-state index contributed by atoms with van der Waals surface area (Å²) in [7, 11) is 0. The molecule has 0 spiro atoms. The summed E-state index contributed by atoms with van der Waals surface area (Å²) >= 11 is 0. The van der Waals surface area contributed by atoms with Gasteiger partial charge < -0.3 is 4.90 Å². The minimum atomic E-state index is -0.374. The third kappa shape index (κ3) is 3.46. The highest BCUT2D eigenvalue weighted by Gasteiger charge is 2.22. The minimum Gasteiger partial charge on any atom is -0.357 e. The van der Waals surface area contributed by atoms with E-state index in [4.69, 9.17) is 0 Å². The van der Waals surface area contributed by atoms with Crippen LogP contribution in [0, 0.1) is 28.9 Å². The lowest BCUT2D eigenvalue weighted by Gasteiger charge is -2.33. The molecule has 0 N–H and O–H groups in total. The van der Waals surface area contributed by atoms with E-state index in [9.17, 15) is 10.1 Å². The number of rotatable bonds is 4. The van der Waals surface area contributed by atoms with Crippen LogP contribution in [0.15, 0.2) is 12.1 Å². The molecule has 20 heavy (non-hydrogen) atoms. The van der Waals surface area contributed by atoms with Gasteiger partial charge in [0, 0.05) is 19.2 Å². The Morgan fingerprint density at radius 2 is 2.05 bits per heavy atom. The molecule has 1 aliphatic rings. The van der Waals surface area contributed by atoms with Crippen molar-refractivity contribution in [3.63, 3.8) is 0 Å². The van der Waals surface area contributed by atoms with Crippen LogP contribution in [0.2, 0.25) is 0 Å². The molecule has 1 saturated heterocycles. The lowest BCUT2D eigenvalue weighted by molar-refractivity contribution is -0.385. The van der Waals surface area contributed by atoms with E-state index in [0.29, 0.717) is 5.69 Å². The van der Waals surface area contributed by atoms with E-state index in [2.05, 4.69) is 23.7 Å². The highest BCUT2D eigenvalue weighted by atomic mass is 16.6. The van der Waals surface area contributed by atoms with Crippen molar-refractivity contribution in [3.05, 3.63) is 27.9 Å². The summed E-state index contributed by atoms with van der Waals surface area (Å²) in [5.41, 5.74) is 0.597. The summed E-state index contributed by atoms with van der Waals surface area (Å²) in [4.78, 5) is 17.1. The fraction of sp³-hybridized carbons (Fsp3) is 0.667. The Morgan fingerprint density at radius 1 is 1.40 bits per heavy atom. The van der Waals surface area contributed by atoms with Gasteiger partial charge in [-0.1, -0.05) is 13.8 Å². The molecule has 0 bridgehead atoms. The van der Waals surface area contributed by atoms with Gasteiger partial charge in [0.25, 0.3) is 5.69 Å². The van der Waals surface area contributed by atoms with Crippen LogP contribution in [0.25, 0.3) is 0 Å². The molecule has 110 valence electrons. The highest BCUT2D eigenvalue weighted by Crippen LogP contribution is 2.28. The van der Waals surface area contributed by atoms with E-state index < -0.39 is 0 Å². The number of hydrogen-bond acceptors (Lipinski definition) is 4. The number of aryl methyl sites for hydroxylation is 1. The van der Waals surface area contributed by atoms with Gasteiger partial charge in [0.1, 0.15) is 11.5 Å². The van der Waals surface area contributed by atoms with Crippen molar-refractivity contribution in [2.24, 2.45) is 11.8 Å². The zero-order valence-electron chi connectivity index (χ0n) is 12.5. The monoisotopic (exact) mass is 277 g/mol. The number of hydrogen-bond donors (Lipinski definition) is 0. The molecular formula is C15H23N3O2. The summed E-state index contributed by atoms with van der Waals surface area (Å²) in [6.07, 6.45) is 3.67. The van der Waals surface area contributed by atoms with Gasteiger partial charge in [0.15, 0.2) is 0 Å². The zero-order valence-corrected chi connectivity index (χ0v) is 12.5. The molecule has 5 heteroatoms. The zero-order chi connectivity index (χ0) is 14.7. The topological polar surface area (TPSA) is 59.3 Å². The Kier molecular flexibility index (Phi) is 4.57. The molecule has 5 nitrogen and oxygen atoms in total. The average molecular weight is 277 g/mol. The van der Waals surface area contributed by atoms with Gasteiger partial charge in [0.2, 0.25) is 0 Å². The van der Waals surface area contributed by atoms with Crippen molar-refractivity contribution in [1.29, 1.82) is 0 Å². The Balaban J connectivity index is 2.00. The molecule has 0 unspecified atom stereocenters. The van der Waals surface area contributed by atoms with E-state index in [1.54, 1.807) is 19.1 Å². The van der Waals surface area contributed by atoms with Crippen LogP contribution in [0.3, 0.4) is 0 Å². The third-order valence-electron chi connectivity index (χ3n) is 3.98. The van der Waals surface area contributed by atoms with E-state index >= 15 is 0 Å². The van der Waals surface area contributed by atoms with E-state index in [0.717, 1.165) is 30.7 Å². The van der Waals surface area contributed by atoms with Gasteiger partial charge in [-0.3, -0.25) is 10.1 Å². The fourth-order valence-electron chi connectivity index (χ4n) is 2.97. The molecule has 1 aromatic heterocycles. The van der Waals surface area contributed by atoms with E-state index in [1.165, 1.54) is 19.3 Å². The predicted octanol–water partition coefficient (Wildman–Crippen LogP) is 3.56. The first-order chi connectivity index (χ1) is 9.47. The van der Waals surface area contributed by atoms with Gasteiger partial charge in [0.05, 0.1) is 4.92 Å². The molecule has 1 fully saturated rings. The molecule has 0 saturated carbocycles. The highest BCUT2D eigenvalue weighted by molar-refractivity contribution is 5.47. The molecule has 0 amide bonds. The number of anilines is 1. The van der Waals surface area contributed by atoms with Crippen LogP contribution in [-0.2, 0) is 0 Å². The quantitative estimate of drug-likeness (QED) is 0.623. The summed E-state index contributed by atoms with van der Waals surface area (Å²) < 4.78 is 0. The van der Waals surface area contributed by atoms with Gasteiger partial charge in [-0.25, -0.2) is 4.98 Å². The average Bonchev–Trinajstić information content (AvgIpc) is 2.38. The number of nitro groups is 1. The first kappa shape index (κ1) is 14.8. The van der Waals surface area contributed by atoms with Crippen LogP contribution in [0.5, 0.6) is 0 Å². The molecule has 1 aromatic rings. The Morgan fingerprint density at radius 3 is 2.55 bits per heavy atom. The van der Waals surface area contributed by atoms with Gasteiger partial charge in [-0.15, -0.1) is 0 Å². The van der Waals surface area contributed by atoms with Crippen molar-refractivity contribution < 1.29 is 4.92 Å². The number of pyridine rings is 1. The van der Waals surface area contributed by atoms with Crippen molar-refractivity contribution in [2.75, 3.05) is 18.0 Å². The largest absolute Gasteiger partial charge is 0.357 e. The SMILES string of the molecule is Cc1nc(N2CCC(CC(C)C)CC2)ccc1[N+](=O)[O-]. The van der Waals surface area contributed by atoms with Crippen LogP contribution >= 0.6 is 0 Å². The van der Waals surface area contributed by atoms with Crippen LogP contribution in [0.1, 0.15) is 38.8 Å². The third-order valence-corrected chi connectivity index (χ3v) is 3.98. The summed E-state index contributed by atoms with van der Waals surface area (Å²) in [5.74, 6) is 2.44. The molecule has 0 radical (unpaired) electrons. The van der Waals surface area contributed by atoms with Gasteiger partial charge in [-0.05, 0) is 44.1 Å². The molecule has 0 aliphatic carbocycles. The fourth-order valence-corrected chi connectivity index (χ4v) is 2.97. The van der Waals surface area contributed by atoms with Crippen LogP contribution < -0.4 is 4.90 Å². The van der Waals surface area contributed by atoms with Crippen molar-refractivity contribution in [2.45, 2.75) is 40.0 Å². The second kappa shape index (κ2) is 6.20. The summed E-state index contributed by atoms with van der Waals surface area (Å²) in [5, 5.41) is 10.8. The summed E-state index contributed by atoms with van der Waals surface area (Å²) in [6.45, 7) is 8.25. The standard InChI is InChI=1S/C15H23N3O2/c1-11(2)10-13-6-8-17(9-7-13)15-5-4-14(18(19)20)12(3)16-15/h4-5,11,13H,6-10H2,1-3H3. The molecule has 2 rings (SSSR count). The lowest BCUT2D eigenvalue weighted by Crippen LogP contribution is -2.34. The Labute approximate surface area is 120 Å². The van der Waals surface area contributed by atoms with Gasteiger partial charge >= 0.3 is 0 Å². The molecule has 0 aromatic carbocycles. The normalized spacial score (nSPS) is 16.7. The number of piperidine rings is 1. The molecule has 2 heterocycles. The maximum absolute atomic E-state index is 10.8. The Bertz CT molecular complexity index is 480. The van der Waals surface area contributed by atoms with E-state index in [1.807, 2.05) is 0 Å². The minimum absolute atomic E-state index is 0.100. The maximum Gasteiger partial charge on any atom is 0.290 e. The van der Waals surface area contributed by atoms with Crippen molar-refractivity contribution in [3.8, 4) is 0 Å². The van der Waals surface area contributed by atoms with Crippen LogP contribution in [-0.4, -0.2) is 23.0 Å². The van der Waals surface area contributed by atoms with Crippen molar-refractivity contribution >= 4 is 11.5 Å². The van der Waals surface area contributed by atoms with Crippen molar-refractivity contribution in [1.82, 2.24) is 4.98 Å². The second-order valence-corrected chi connectivity index (χ2v) is 6.09. The maximum atomic E-state index is 10.8. The molecular weight excluding hydrogens is 254 g/mol. The Hall–Kier alpha value is -1.65. The smallest absolute Gasteiger partial charge is 0.290 e. The second-order valence-electron chi connectivity index (χ2n) is 6.09. The van der Waals surface area contributed by atoms with Crippen LogP contribution in [0.4, 0.5) is 11.5 Å². The molecule has 1 aliphatic heterocycles. The lowest BCUT2D eigenvalue weighted by atomic mass is 9.88.